The van der Waals surface area contributed by atoms with Gasteiger partial charge in [0.25, 0.3) is 0 Å². The van der Waals surface area contributed by atoms with E-state index in [1.165, 1.54) is 0 Å². The standard InChI is InChI=1S/C14H19F7O8S/c1-4-27-10(23)12(13(17,18)19,29-9(22)8(2)3)28-7-5-6-11(15,16)14(20,21)30(24,25)26/h8H,4-7H2,1-3H3,(H,24,25,26)/p-1. The highest BCUT2D eigenvalue weighted by Gasteiger charge is 2.68. The van der Waals surface area contributed by atoms with Gasteiger partial charge in [-0.3, -0.25) is 4.79 Å². The molecule has 0 radical (unpaired) electrons. The van der Waals surface area contributed by atoms with E-state index in [-0.39, 0.29) is 0 Å². The normalized spacial score (nSPS) is 15.6. The topological polar surface area (TPSA) is 119 Å². The third-order valence-corrected chi connectivity index (χ3v) is 4.24. The highest BCUT2D eigenvalue weighted by atomic mass is 32.2. The smallest absolute Gasteiger partial charge is 0.468 e. The van der Waals surface area contributed by atoms with Crippen LogP contribution in [0, 0.1) is 5.92 Å². The van der Waals surface area contributed by atoms with Crippen molar-refractivity contribution in [2.24, 2.45) is 5.92 Å². The highest BCUT2D eigenvalue weighted by Crippen LogP contribution is 2.42. The molecule has 0 rings (SSSR count). The Bertz CT molecular complexity index is 720. The summed E-state index contributed by atoms with van der Waals surface area (Å²) in [5.41, 5.74) is 0. The van der Waals surface area contributed by atoms with E-state index >= 15 is 0 Å². The molecule has 0 heterocycles. The Morgan fingerprint density at radius 2 is 1.53 bits per heavy atom. The summed E-state index contributed by atoms with van der Waals surface area (Å²) in [5.74, 6) is -14.9. The molecule has 8 nitrogen and oxygen atoms in total. The van der Waals surface area contributed by atoms with Gasteiger partial charge in [0.1, 0.15) is 0 Å². The Morgan fingerprint density at radius 1 is 1.03 bits per heavy atom. The molecule has 16 heteroatoms. The molecule has 0 aliphatic rings. The predicted octanol–water partition coefficient (Wildman–Crippen LogP) is 2.58. The van der Waals surface area contributed by atoms with E-state index in [9.17, 15) is 53.3 Å². The molecule has 0 aliphatic heterocycles. The average Bonchev–Trinajstić information content (AvgIpc) is 2.55. The molecule has 0 bridgehead atoms. The minimum Gasteiger partial charge on any atom is -0.743 e. The first kappa shape index (κ1) is 28.3. The zero-order valence-electron chi connectivity index (χ0n) is 15.7. The maximum Gasteiger partial charge on any atom is 0.468 e. The maximum atomic E-state index is 13.5. The van der Waals surface area contributed by atoms with Gasteiger partial charge < -0.3 is 18.8 Å². The van der Waals surface area contributed by atoms with Crippen LogP contribution in [0.2, 0.25) is 0 Å². The maximum absolute atomic E-state index is 13.5. The van der Waals surface area contributed by atoms with Crippen molar-refractivity contribution in [2.75, 3.05) is 13.2 Å². The van der Waals surface area contributed by atoms with Gasteiger partial charge in [0, 0.05) is 6.42 Å². The summed E-state index contributed by atoms with van der Waals surface area (Å²) in [4.78, 5) is 23.4. The van der Waals surface area contributed by atoms with E-state index in [0.717, 1.165) is 20.8 Å². The van der Waals surface area contributed by atoms with Gasteiger partial charge >= 0.3 is 35.1 Å². The largest absolute Gasteiger partial charge is 0.743 e. The first-order chi connectivity index (χ1) is 13.3. The fraction of sp³-hybridized carbons (Fsp3) is 0.857. The van der Waals surface area contributed by atoms with Crippen LogP contribution in [0.25, 0.3) is 0 Å². The molecule has 0 aliphatic carbocycles. The Kier molecular flexibility index (Phi) is 9.10. The first-order valence-corrected chi connectivity index (χ1v) is 9.49. The van der Waals surface area contributed by atoms with Crippen molar-refractivity contribution in [1.82, 2.24) is 0 Å². The van der Waals surface area contributed by atoms with Gasteiger partial charge in [0.15, 0.2) is 10.1 Å². The number of esters is 2. The minimum absolute atomic E-state index is 0.634. The zero-order valence-corrected chi connectivity index (χ0v) is 16.5. The number of rotatable bonds is 11. The molecule has 0 N–H and O–H groups in total. The van der Waals surface area contributed by atoms with Crippen molar-refractivity contribution >= 4 is 22.1 Å². The molecule has 0 fully saturated rings. The molecule has 0 spiro atoms. The molecule has 0 saturated carbocycles. The Hall–Kier alpha value is -1.68. The van der Waals surface area contributed by atoms with Crippen molar-refractivity contribution in [3.63, 3.8) is 0 Å². The van der Waals surface area contributed by atoms with E-state index in [2.05, 4.69) is 14.2 Å². The summed E-state index contributed by atoms with van der Waals surface area (Å²) in [6, 6.07) is 0. The lowest BCUT2D eigenvalue weighted by molar-refractivity contribution is -0.356. The highest BCUT2D eigenvalue weighted by molar-refractivity contribution is 7.86. The second-order valence-electron chi connectivity index (χ2n) is 6.04. The molecule has 0 aromatic heterocycles. The van der Waals surface area contributed by atoms with Crippen LogP contribution in [0.5, 0.6) is 0 Å². The Labute approximate surface area is 166 Å². The molecule has 0 aromatic carbocycles. The van der Waals surface area contributed by atoms with Gasteiger partial charge in [-0.15, -0.1) is 0 Å². The summed E-state index contributed by atoms with van der Waals surface area (Å²) < 4.78 is 137. The summed E-state index contributed by atoms with van der Waals surface area (Å²) in [6.45, 7) is 1.12. The number of hydrogen-bond acceptors (Lipinski definition) is 8. The van der Waals surface area contributed by atoms with E-state index in [4.69, 9.17) is 0 Å². The predicted molar refractivity (Wildman–Crippen MR) is 81.1 cm³/mol. The monoisotopic (exact) mass is 479 g/mol. The number of carbonyl (C=O) groups excluding carboxylic acids is 2. The summed E-state index contributed by atoms with van der Waals surface area (Å²) in [6.07, 6.45) is -9.28. The van der Waals surface area contributed by atoms with E-state index < -0.39 is 77.2 Å². The second kappa shape index (κ2) is 9.64. The summed E-state index contributed by atoms with van der Waals surface area (Å²) in [7, 11) is -6.79. The second-order valence-corrected chi connectivity index (χ2v) is 7.46. The van der Waals surface area contributed by atoms with E-state index in [1.807, 2.05) is 0 Å². The molecule has 1 atom stereocenters. The van der Waals surface area contributed by atoms with E-state index in [0.29, 0.717) is 0 Å². The minimum atomic E-state index is -6.79. The molecular formula is C14H18F7O8S-. The number of halogens is 7. The van der Waals surface area contributed by atoms with Gasteiger partial charge in [-0.05, 0) is 13.3 Å². The number of ether oxygens (including phenoxy) is 3. The number of hydrogen-bond donors (Lipinski definition) is 0. The lowest BCUT2D eigenvalue weighted by Gasteiger charge is -2.33. The van der Waals surface area contributed by atoms with Crippen molar-refractivity contribution < 1.29 is 67.5 Å². The van der Waals surface area contributed by atoms with Crippen molar-refractivity contribution in [2.45, 2.75) is 56.8 Å². The molecule has 0 amide bonds. The Balaban J connectivity index is 5.64. The third-order valence-electron chi connectivity index (χ3n) is 3.31. The van der Waals surface area contributed by atoms with Crippen LogP contribution in [0.4, 0.5) is 30.7 Å². The van der Waals surface area contributed by atoms with Gasteiger partial charge in [-0.1, -0.05) is 13.8 Å². The van der Waals surface area contributed by atoms with Crippen molar-refractivity contribution in [1.29, 1.82) is 0 Å². The molecule has 1 unspecified atom stereocenters. The molecule has 30 heavy (non-hydrogen) atoms. The van der Waals surface area contributed by atoms with Crippen LogP contribution >= 0.6 is 0 Å². The lowest BCUT2D eigenvalue weighted by Crippen LogP contribution is -2.58. The lowest BCUT2D eigenvalue weighted by atomic mass is 10.2. The summed E-state index contributed by atoms with van der Waals surface area (Å²) in [5, 5.41) is -6.05. The molecule has 0 saturated heterocycles. The van der Waals surface area contributed by atoms with Gasteiger partial charge in [-0.2, -0.15) is 30.7 Å². The van der Waals surface area contributed by atoms with Crippen LogP contribution in [-0.4, -0.2) is 61.3 Å². The van der Waals surface area contributed by atoms with Crippen LogP contribution < -0.4 is 0 Å². The Morgan fingerprint density at radius 3 is 1.90 bits per heavy atom. The molecular weight excluding hydrogens is 461 g/mol. The fourth-order valence-corrected chi connectivity index (χ4v) is 2.18. The molecule has 0 aromatic rings. The molecule has 178 valence electrons. The zero-order chi connectivity index (χ0) is 24.2. The fourth-order valence-electron chi connectivity index (χ4n) is 1.71. The van der Waals surface area contributed by atoms with Gasteiger partial charge in [-0.25, -0.2) is 13.2 Å². The SMILES string of the molecule is CCOC(=O)C(OCCCC(F)(F)C(F)(F)S(=O)(=O)[O-])(OC(=O)C(C)C)C(F)(F)F. The van der Waals surface area contributed by atoms with Crippen molar-refractivity contribution in [3.05, 3.63) is 0 Å². The average molecular weight is 479 g/mol. The number of carbonyl (C=O) groups is 2. The van der Waals surface area contributed by atoms with Gasteiger partial charge in [0.05, 0.1) is 19.1 Å². The van der Waals surface area contributed by atoms with Gasteiger partial charge in [0.2, 0.25) is 0 Å². The number of alkyl halides is 7. The van der Waals surface area contributed by atoms with Crippen LogP contribution in [0.15, 0.2) is 0 Å². The van der Waals surface area contributed by atoms with Crippen LogP contribution in [-0.2, 0) is 33.9 Å². The van der Waals surface area contributed by atoms with E-state index in [1.54, 1.807) is 0 Å². The first-order valence-electron chi connectivity index (χ1n) is 8.08. The van der Waals surface area contributed by atoms with Crippen molar-refractivity contribution in [3.8, 4) is 0 Å². The summed E-state index contributed by atoms with van der Waals surface area (Å²) >= 11 is 0. The quantitative estimate of drug-likeness (QED) is 0.146. The third kappa shape index (κ3) is 6.16. The van der Waals surface area contributed by atoms with Crippen LogP contribution in [0.1, 0.15) is 33.6 Å². The van der Waals surface area contributed by atoms with Crippen LogP contribution in [0.3, 0.4) is 0 Å².